The maximum absolute atomic E-state index is 12.0. The van der Waals surface area contributed by atoms with E-state index in [0.717, 1.165) is 36.3 Å². The van der Waals surface area contributed by atoms with Crippen LogP contribution in [0.15, 0.2) is 42.5 Å². The van der Waals surface area contributed by atoms with Crippen LogP contribution in [0.5, 0.6) is 0 Å². The van der Waals surface area contributed by atoms with E-state index < -0.39 is 4.92 Å². The second kappa shape index (κ2) is 10.6. The zero-order chi connectivity index (χ0) is 24.1. The number of amides is 2. The summed E-state index contributed by atoms with van der Waals surface area (Å²) in [5.41, 5.74) is 4.24. The molecule has 2 unspecified atom stereocenters. The lowest BCUT2D eigenvalue weighted by molar-refractivity contribution is -0.384. The van der Waals surface area contributed by atoms with Crippen molar-refractivity contribution >= 4 is 28.9 Å². The highest BCUT2D eigenvalue weighted by molar-refractivity contribution is 5.97. The maximum Gasteiger partial charge on any atom is 0.269 e. The lowest BCUT2D eigenvalue weighted by atomic mass is 9.90. The molecule has 4 rings (SSSR count). The molecule has 2 amide bonds. The number of benzene rings is 2. The highest BCUT2D eigenvalue weighted by Crippen LogP contribution is 2.38. The molecule has 0 radical (unpaired) electrons. The molecule has 2 atom stereocenters. The number of carbonyl (C=O) groups is 2. The topological polar surface area (TPSA) is 83.8 Å². The van der Waals surface area contributed by atoms with Crippen LogP contribution in [0.25, 0.3) is 0 Å². The second-order valence-electron chi connectivity index (χ2n) is 8.86. The number of rotatable bonds is 5. The summed E-state index contributed by atoms with van der Waals surface area (Å²) in [5.74, 6) is 0.774. The molecule has 0 saturated carbocycles. The summed E-state index contributed by atoms with van der Waals surface area (Å²) >= 11 is 0. The van der Waals surface area contributed by atoms with Gasteiger partial charge in [-0.1, -0.05) is 45.9 Å². The monoisotopic (exact) mass is 451 g/mol. The van der Waals surface area contributed by atoms with Crippen molar-refractivity contribution in [3.63, 3.8) is 0 Å². The fraction of sp³-hybridized carbons (Fsp3) is 0.462. The molecule has 0 aliphatic carbocycles. The van der Waals surface area contributed by atoms with E-state index in [1.165, 1.54) is 11.6 Å². The number of nitro groups is 1. The van der Waals surface area contributed by atoms with Gasteiger partial charge in [-0.3, -0.25) is 19.7 Å². The number of hydrogen-bond acceptors (Lipinski definition) is 4. The summed E-state index contributed by atoms with van der Waals surface area (Å²) < 4.78 is 0. The predicted molar refractivity (Wildman–Crippen MR) is 131 cm³/mol. The van der Waals surface area contributed by atoms with Crippen molar-refractivity contribution in [2.24, 2.45) is 0 Å². The van der Waals surface area contributed by atoms with Crippen LogP contribution in [-0.2, 0) is 9.59 Å². The number of anilines is 2. The number of non-ortho nitro benzene ring substituents is 1. The van der Waals surface area contributed by atoms with Crippen LogP contribution in [0.1, 0.15) is 76.3 Å². The molecule has 0 aromatic heterocycles. The quantitative estimate of drug-likeness (QED) is 0.426. The first-order valence-electron chi connectivity index (χ1n) is 11.8. The highest BCUT2D eigenvalue weighted by Gasteiger charge is 2.30. The van der Waals surface area contributed by atoms with E-state index in [1.54, 1.807) is 17.0 Å². The third kappa shape index (κ3) is 5.24. The first kappa shape index (κ1) is 24.4. The van der Waals surface area contributed by atoms with E-state index in [1.807, 2.05) is 24.8 Å². The van der Waals surface area contributed by atoms with Gasteiger partial charge in [-0.2, -0.15) is 0 Å². The standard InChI is InChI=1S/C13H16N2O3.C13H17NO/c1-3-6-14-12-5-4-10(15(17)18)8-11(12)9(2)7-13(14)16;1-3-8-14-12-7-5-4-6-11(12)10(2)9-13(14)15/h4-5,8-9H,3,6-7H2,1-2H3;4-7,10H,3,8-9H2,1-2H3. The van der Waals surface area contributed by atoms with Crippen LogP contribution in [0.2, 0.25) is 0 Å². The van der Waals surface area contributed by atoms with E-state index in [9.17, 15) is 19.7 Å². The fourth-order valence-corrected chi connectivity index (χ4v) is 4.62. The molecule has 176 valence electrons. The van der Waals surface area contributed by atoms with E-state index >= 15 is 0 Å². The Morgan fingerprint density at radius 2 is 1.36 bits per heavy atom. The highest BCUT2D eigenvalue weighted by atomic mass is 16.6. The van der Waals surface area contributed by atoms with Crippen molar-refractivity contribution in [3.05, 3.63) is 63.7 Å². The molecule has 33 heavy (non-hydrogen) atoms. The SMILES string of the molecule is CCCN1C(=O)CC(C)c2cc([N+](=O)[O-])ccc21.CCCN1C(=O)CC(C)c2ccccc21. The summed E-state index contributed by atoms with van der Waals surface area (Å²) in [6.45, 7) is 9.67. The molecule has 0 spiro atoms. The Labute approximate surface area is 195 Å². The van der Waals surface area contributed by atoms with Crippen LogP contribution >= 0.6 is 0 Å². The Morgan fingerprint density at radius 1 is 0.848 bits per heavy atom. The smallest absolute Gasteiger partial charge is 0.269 e. The van der Waals surface area contributed by atoms with Gasteiger partial charge in [0.25, 0.3) is 5.69 Å². The van der Waals surface area contributed by atoms with Gasteiger partial charge in [0.1, 0.15) is 0 Å². The molecular weight excluding hydrogens is 418 g/mol. The molecule has 7 nitrogen and oxygen atoms in total. The normalized spacial score (nSPS) is 19.4. The van der Waals surface area contributed by atoms with Crippen LogP contribution in [0.4, 0.5) is 17.1 Å². The van der Waals surface area contributed by atoms with E-state index in [4.69, 9.17) is 0 Å². The molecule has 0 fully saturated rings. The molecule has 0 saturated heterocycles. The van der Waals surface area contributed by atoms with Gasteiger partial charge >= 0.3 is 0 Å². The van der Waals surface area contributed by atoms with E-state index in [-0.39, 0.29) is 23.4 Å². The molecule has 0 bridgehead atoms. The van der Waals surface area contributed by atoms with Crippen LogP contribution in [0.3, 0.4) is 0 Å². The molecule has 2 aromatic carbocycles. The number of para-hydroxylation sites is 1. The minimum absolute atomic E-state index is 0.0421. The average molecular weight is 452 g/mol. The van der Waals surface area contributed by atoms with Crippen molar-refractivity contribution in [1.82, 2.24) is 0 Å². The lowest BCUT2D eigenvalue weighted by Crippen LogP contribution is -2.36. The molecule has 7 heteroatoms. The summed E-state index contributed by atoms with van der Waals surface area (Å²) in [6, 6.07) is 13.0. The van der Waals surface area contributed by atoms with Gasteiger partial charge in [0.2, 0.25) is 11.8 Å². The number of nitrogens with zero attached hydrogens (tertiary/aromatic N) is 3. The predicted octanol–water partition coefficient (Wildman–Crippen LogP) is 5.78. The largest absolute Gasteiger partial charge is 0.312 e. The minimum atomic E-state index is -0.395. The number of carbonyl (C=O) groups excluding carboxylic acids is 2. The van der Waals surface area contributed by atoms with Crippen molar-refractivity contribution in [2.45, 2.75) is 65.2 Å². The van der Waals surface area contributed by atoms with E-state index in [2.05, 4.69) is 32.0 Å². The van der Waals surface area contributed by atoms with Gasteiger partial charge < -0.3 is 9.80 Å². The number of nitro benzene ring substituents is 1. The van der Waals surface area contributed by atoms with Crippen LogP contribution in [0, 0.1) is 10.1 Å². The van der Waals surface area contributed by atoms with Crippen LogP contribution < -0.4 is 9.80 Å². The summed E-state index contributed by atoms with van der Waals surface area (Å²) in [4.78, 5) is 37.9. The second-order valence-corrected chi connectivity index (χ2v) is 8.86. The average Bonchev–Trinajstić information content (AvgIpc) is 2.79. The molecule has 2 heterocycles. The molecule has 2 aromatic rings. The fourth-order valence-electron chi connectivity index (χ4n) is 4.62. The summed E-state index contributed by atoms with van der Waals surface area (Å²) in [5, 5.41) is 10.8. The zero-order valence-corrected chi connectivity index (χ0v) is 19.9. The Hall–Kier alpha value is -3.22. The Morgan fingerprint density at radius 3 is 1.91 bits per heavy atom. The maximum atomic E-state index is 12.0. The van der Waals surface area contributed by atoms with Gasteiger partial charge in [0.15, 0.2) is 0 Å². The molecule has 2 aliphatic rings. The first-order chi connectivity index (χ1) is 15.8. The minimum Gasteiger partial charge on any atom is -0.312 e. The lowest BCUT2D eigenvalue weighted by Gasteiger charge is -2.32. The van der Waals surface area contributed by atoms with Gasteiger partial charge in [-0.25, -0.2) is 0 Å². The Kier molecular flexibility index (Phi) is 7.84. The van der Waals surface area contributed by atoms with Crippen molar-refractivity contribution in [2.75, 3.05) is 22.9 Å². The Balaban J connectivity index is 0.000000189. The molecule has 2 aliphatic heterocycles. The third-order valence-electron chi connectivity index (χ3n) is 6.26. The van der Waals surface area contributed by atoms with Crippen molar-refractivity contribution in [1.29, 1.82) is 0 Å². The number of hydrogen-bond donors (Lipinski definition) is 0. The van der Waals surface area contributed by atoms with Gasteiger partial charge in [0, 0.05) is 49.4 Å². The van der Waals surface area contributed by atoms with Crippen molar-refractivity contribution in [3.8, 4) is 0 Å². The zero-order valence-electron chi connectivity index (χ0n) is 19.9. The van der Waals surface area contributed by atoms with Crippen LogP contribution in [-0.4, -0.2) is 29.8 Å². The van der Waals surface area contributed by atoms with Gasteiger partial charge in [0.05, 0.1) is 4.92 Å². The Bertz CT molecular complexity index is 1040. The van der Waals surface area contributed by atoms with Gasteiger partial charge in [-0.15, -0.1) is 0 Å². The molecule has 0 N–H and O–H groups in total. The molecular formula is C26H33N3O4. The van der Waals surface area contributed by atoms with Crippen molar-refractivity contribution < 1.29 is 14.5 Å². The van der Waals surface area contributed by atoms with E-state index in [0.29, 0.717) is 25.3 Å². The third-order valence-corrected chi connectivity index (χ3v) is 6.26. The summed E-state index contributed by atoms with van der Waals surface area (Å²) in [7, 11) is 0. The van der Waals surface area contributed by atoms with Gasteiger partial charge in [-0.05, 0) is 47.9 Å². The number of fused-ring (bicyclic) bond motifs is 2. The first-order valence-corrected chi connectivity index (χ1v) is 11.8. The summed E-state index contributed by atoms with van der Waals surface area (Å²) in [6.07, 6.45) is 2.95.